The number of hydrogen-bond acceptors (Lipinski definition) is 1. The molecule has 0 spiro atoms. The highest BCUT2D eigenvalue weighted by molar-refractivity contribution is 6.37. The SMILES string of the molecule is CNC(=O)C=Cc1c(Cl)cccc1Cl. The molecule has 0 fully saturated rings. The fourth-order valence-electron chi connectivity index (χ4n) is 0.912. The van der Waals surface area contributed by atoms with Crippen LogP contribution in [0.1, 0.15) is 5.56 Å². The molecule has 0 radical (unpaired) electrons. The van der Waals surface area contributed by atoms with Crippen molar-refractivity contribution >= 4 is 35.2 Å². The highest BCUT2D eigenvalue weighted by Crippen LogP contribution is 2.25. The molecule has 0 heterocycles. The molecule has 0 aliphatic carbocycles. The molecule has 0 atom stereocenters. The molecule has 4 heteroatoms. The van der Waals surface area contributed by atoms with Gasteiger partial charge >= 0.3 is 0 Å². The Hall–Kier alpha value is -0.990. The third-order valence-corrected chi connectivity index (χ3v) is 2.31. The summed E-state index contributed by atoms with van der Waals surface area (Å²) in [6, 6.07) is 5.19. The first-order valence-corrected chi connectivity index (χ1v) is 4.74. The zero-order chi connectivity index (χ0) is 10.6. The Morgan fingerprint density at radius 3 is 2.43 bits per heavy atom. The number of likely N-dealkylation sites (N-methyl/N-ethyl adjacent to an activating group) is 1. The zero-order valence-electron chi connectivity index (χ0n) is 7.55. The first kappa shape index (κ1) is 11.1. The van der Waals surface area contributed by atoms with Crippen LogP contribution in [-0.2, 0) is 4.79 Å². The van der Waals surface area contributed by atoms with E-state index in [9.17, 15) is 4.79 Å². The second-order valence-electron chi connectivity index (χ2n) is 2.58. The summed E-state index contributed by atoms with van der Waals surface area (Å²) in [5.74, 6) is -0.194. The monoisotopic (exact) mass is 229 g/mol. The Balaban J connectivity index is 2.96. The molecule has 0 unspecified atom stereocenters. The van der Waals surface area contributed by atoms with E-state index >= 15 is 0 Å². The summed E-state index contributed by atoms with van der Waals surface area (Å²) < 4.78 is 0. The van der Waals surface area contributed by atoms with Crippen LogP contribution >= 0.6 is 23.2 Å². The zero-order valence-corrected chi connectivity index (χ0v) is 9.06. The quantitative estimate of drug-likeness (QED) is 0.777. The van der Waals surface area contributed by atoms with Crippen molar-refractivity contribution in [1.82, 2.24) is 5.32 Å². The van der Waals surface area contributed by atoms with Crippen LogP contribution < -0.4 is 5.32 Å². The van der Waals surface area contributed by atoms with E-state index in [0.29, 0.717) is 15.6 Å². The molecule has 0 aliphatic rings. The predicted octanol–water partition coefficient (Wildman–Crippen LogP) is 2.75. The Morgan fingerprint density at radius 2 is 1.93 bits per heavy atom. The van der Waals surface area contributed by atoms with Crippen LogP contribution in [0.4, 0.5) is 0 Å². The molecule has 0 bridgehead atoms. The van der Waals surface area contributed by atoms with E-state index in [1.807, 2.05) is 0 Å². The summed E-state index contributed by atoms with van der Waals surface area (Å²) in [7, 11) is 1.56. The van der Waals surface area contributed by atoms with Gasteiger partial charge in [-0.2, -0.15) is 0 Å². The first-order valence-electron chi connectivity index (χ1n) is 3.99. The molecule has 74 valence electrons. The number of halogens is 2. The topological polar surface area (TPSA) is 29.1 Å². The van der Waals surface area contributed by atoms with Gasteiger partial charge in [0.2, 0.25) is 5.91 Å². The molecular weight excluding hydrogens is 221 g/mol. The minimum Gasteiger partial charge on any atom is -0.356 e. The van der Waals surface area contributed by atoms with E-state index < -0.39 is 0 Å². The highest BCUT2D eigenvalue weighted by atomic mass is 35.5. The van der Waals surface area contributed by atoms with Crippen LogP contribution in [0.25, 0.3) is 6.08 Å². The van der Waals surface area contributed by atoms with E-state index in [0.717, 1.165) is 0 Å². The van der Waals surface area contributed by atoms with Crippen LogP contribution in [0.2, 0.25) is 10.0 Å². The number of nitrogens with one attached hydrogen (secondary N) is 1. The van der Waals surface area contributed by atoms with E-state index in [1.165, 1.54) is 6.08 Å². The standard InChI is InChI=1S/C10H9Cl2NO/c1-13-10(14)6-5-7-8(11)3-2-4-9(7)12/h2-6H,1H3,(H,13,14). The smallest absolute Gasteiger partial charge is 0.243 e. The summed E-state index contributed by atoms with van der Waals surface area (Å²) >= 11 is 11.8. The predicted molar refractivity (Wildman–Crippen MR) is 59.6 cm³/mol. The van der Waals surface area contributed by atoms with Gasteiger partial charge in [-0.3, -0.25) is 4.79 Å². The van der Waals surface area contributed by atoms with Crippen LogP contribution in [0.5, 0.6) is 0 Å². The van der Waals surface area contributed by atoms with Gasteiger partial charge in [-0.05, 0) is 18.2 Å². The van der Waals surface area contributed by atoms with Crippen LogP contribution in [0.15, 0.2) is 24.3 Å². The molecule has 1 amide bonds. The Bertz CT molecular complexity index is 354. The van der Waals surface area contributed by atoms with Crippen molar-refractivity contribution in [3.8, 4) is 0 Å². The molecule has 0 aliphatic heterocycles. The maximum absolute atomic E-state index is 10.9. The Kier molecular flexibility index (Phi) is 3.98. The molecule has 1 aromatic carbocycles. The molecule has 1 aromatic rings. The maximum Gasteiger partial charge on any atom is 0.243 e. The van der Waals surface area contributed by atoms with Crippen molar-refractivity contribution in [2.75, 3.05) is 7.05 Å². The van der Waals surface area contributed by atoms with E-state index in [-0.39, 0.29) is 5.91 Å². The molecule has 14 heavy (non-hydrogen) atoms. The lowest BCUT2D eigenvalue weighted by Crippen LogP contribution is -2.13. The van der Waals surface area contributed by atoms with Gasteiger partial charge in [-0.15, -0.1) is 0 Å². The van der Waals surface area contributed by atoms with Crippen molar-refractivity contribution < 1.29 is 4.79 Å². The van der Waals surface area contributed by atoms with Gasteiger partial charge in [0.25, 0.3) is 0 Å². The first-order chi connectivity index (χ1) is 6.65. The van der Waals surface area contributed by atoms with Crippen molar-refractivity contribution in [3.63, 3.8) is 0 Å². The molecule has 0 saturated carbocycles. The minimum absolute atomic E-state index is 0.194. The number of carbonyl (C=O) groups excluding carboxylic acids is 1. The van der Waals surface area contributed by atoms with E-state index in [2.05, 4.69) is 5.32 Å². The van der Waals surface area contributed by atoms with E-state index in [4.69, 9.17) is 23.2 Å². The van der Waals surface area contributed by atoms with Crippen molar-refractivity contribution in [1.29, 1.82) is 0 Å². The molecule has 0 aromatic heterocycles. The molecule has 1 N–H and O–H groups in total. The van der Waals surface area contributed by atoms with Gasteiger partial charge in [0.05, 0.1) is 0 Å². The second-order valence-corrected chi connectivity index (χ2v) is 3.40. The summed E-state index contributed by atoms with van der Waals surface area (Å²) in [5.41, 5.74) is 0.652. The third kappa shape index (κ3) is 2.76. The maximum atomic E-state index is 10.9. The lowest BCUT2D eigenvalue weighted by Gasteiger charge is -2.00. The van der Waals surface area contributed by atoms with Gasteiger partial charge in [0.15, 0.2) is 0 Å². The normalized spacial score (nSPS) is 10.5. The van der Waals surface area contributed by atoms with Crippen LogP contribution in [0, 0.1) is 0 Å². The average molecular weight is 230 g/mol. The summed E-state index contributed by atoms with van der Waals surface area (Å²) in [4.78, 5) is 10.9. The molecule has 2 nitrogen and oxygen atoms in total. The lowest BCUT2D eigenvalue weighted by atomic mass is 10.2. The average Bonchev–Trinajstić information content (AvgIpc) is 2.16. The van der Waals surface area contributed by atoms with E-state index in [1.54, 1.807) is 31.3 Å². The van der Waals surface area contributed by atoms with Crippen molar-refractivity contribution in [2.45, 2.75) is 0 Å². The van der Waals surface area contributed by atoms with Gasteiger partial charge in [0, 0.05) is 28.7 Å². The van der Waals surface area contributed by atoms with Gasteiger partial charge in [-0.25, -0.2) is 0 Å². The largest absolute Gasteiger partial charge is 0.356 e. The van der Waals surface area contributed by atoms with Crippen molar-refractivity contribution in [3.05, 3.63) is 39.9 Å². The van der Waals surface area contributed by atoms with Crippen LogP contribution in [0.3, 0.4) is 0 Å². The van der Waals surface area contributed by atoms with Gasteiger partial charge in [-0.1, -0.05) is 29.3 Å². The number of benzene rings is 1. The minimum atomic E-state index is -0.194. The van der Waals surface area contributed by atoms with Gasteiger partial charge < -0.3 is 5.32 Å². The number of rotatable bonds is 2. The lowest BCUT2D eigenvalue weighted by molar-refractivity contribution is -0.115. The summed E-state index contributed by atoms with van der Waals surface area (Å²) in [6.07, 6.45) is 2.97. The fourth-order valence-corrected chi connectivity index (χ4v) is 1.44. The second kappa shape index (κ2) is 5.03. The summed E-state index contributed by atoms with van der Waals surface area (Å²) in [6.45, 7) is 0. The third-order valence-electron chi connectivity index (χ3n) is 1.65. The number of amides is 1. The van der Waals surface area contributed by atoms with Gasteiger partial charge in [0.1, 0.15) is 0 Å². The highest BCUT2D eigenvalue weighted by Gasteiger charge is 2.01. The Morgan fingerprint density at radius 1 is 1.36 bits per heavy atom. The fraction of sp³-hybridized carbons (Fsp3) is 0.100. The van der Waals surface area contributed by atoms with Crippen LogP contribution in [-0.4, -0.2) is 13.0 Å². The Labute approximate surface area is 92.5 Å². The molecule has 0 saturated heterocycles. The molecular formula is C10H9Cl2NO. The van der Waals surface area contributed by atoms with Crippen molar-refractivity contribution in [2.24, 2.45) is 0 Å². The molecule has 1 rings (SSSR count). The summed E-state index contributed by atoms with van der Waals surface area (Å²) in [5, 5.41) is 3.51. The number of carbonyl (C=O) groups is 1. The number of hydrogen-bond donors (Lipinski definition) is 1.